The van der Waals surface area contributed by atoms with Crippen LogP contribution in [0.2, 0.25) is 0 Å². The lowest BCUT2D eigenvalue weighted by molar-refractivity contribution is -0.122. The van der Waals surface area contributed by atoms with Crippen LogP contribution >= 0.6 is 0 Å². The minimum atomic E-state index is -1.01. The van der Waals surface area contributed by atoms with Gasteiger partial charge in [0.15, 0.2) is 0 Å². The second-order valence-electron chi connectivity index (χ2n) is 7.91. The monoisotopic (exact) mass is 444 g/mol. The van der Waals surface area contributed by atoms with Gasteiger partial charge in [-0.25, -0.2) is 9.59 Å². The van der Waals surface area contributed by atoms with E-state index in [4.69, 9.17) is 9.84 Å². The first-order valence-electron chi connectivity index (χ1n) is 10.7. The molecule has 1 aliphatic carbocycles. The predicted molar refractivity (Wildman–Crippen MR) is 123 cm³/mol. The van der Waals surface area contributed by atoms with E-state index in [1.165, 1.54) is 12.1 Å². The number of carbonyl (C=O) groups is 3. The van der Waals surface area contributed by atoms with Gasteiger partial charge in [0, 0.05) is 12.5 Å². The van der Waals surface area contributed by atoms with E-state index in [1.54, 1.807) is 19.1 Å². The maximum absolute atomic E-state index is 12.3. The van der Waals surface area contributed by atoms with Crippen molar-refractivity contribution in [2.24, 2.45) is 0 Å². The largest absolute Gasteiger partial charge is 0.478 e. The predicted octanol–water partition coefficient (Wildman–Crippen LogP) is 3.93. The lowest BCUT2D eigenvalue weighted by atomic mass is 9.98. The van der Waals surface area contributed by atoms with Gasteiger partial charge in [-0.15, -0.1) is 0 Å². The van der Waals surface area contributed by atoms with E-state index in [0.29, 0.717) is 0 Å². The van der Waals surface area contributed by atoms with E-state index < -0.39 is 18.1 Å². The van der Waals surface area contributed by atoms with Crippen molar-refractivity contribution < 1.29 is 24.2 Å². The second kappa shape index (κ2) is 9.56. The van der Waals surface area contributed by atoms with Gasteiger partial charge in [0.2, 0.25) is 5.91 Å². The number of hydrogen-bond donors (Lipinski definition) is 3. The molecule has 3 aromatic carbocycles. The molecule has 3 N–H and O–H groups in total. The van der Waals surface area contributed by atoms with Crippen LogP contribution in [-0.2, 0) is 16.1 Å². The Morgan fingerprint density at radius 3 is 2.06 bits per heavy atom. The molecule has 0 spiro atoms. The van der Waals surface area contributed by atoms with Gasteiger partial charge < -0.3 is 20.5 Å². The van der Waals surface area contributed by atoms with Crippen LogP contribution in [0.3, 0.4) is 0 Å². The molecule has 1 atom stereocenters. The zero-order chi connectivity index (χ0) is 23.4. The molecule has 0 radical (unpaired) electrons. The Morgan fingerprint density at radius 2 is 1.48 bits per heavy atom. The number of carboxylic acid groups (broad SMARTS) is 1. The molecule has 168 valence electrons. The number of aromatic carboxylic acids is 1. The molecular formula is C26H24N2O5. The summed E-state index contributed by atoms with van der Waals surface area (Å²) in [4.78, 5) is 35.6. The zero-order valence-electron chi connectivity index (χ0n) is 18.1. The number of amides is 2. The van der Waals surface area contributed by atoms with Crippen LogP contribution < -0.4 is 10.6 Å². The molecule has 0 saturated heterocycles. The third kappa shape index (κ3) is 4.87. The molecule has 7 heteroatoms. The minimum Gasteiger partial charge on any atom is -0.478 e. The number of alkyl carbamates (subject to hydrolysis) is 1. The molecule has 0 unspecified atom stereocenters. The summed E-state index contributed by atoms with van der Waals surface area (Å²) in [6.45, 7) is 1.96. The molecular weight excluding hydrogens is 420 g/mol. The quantitative estimate of drug-likeness (QED) is 0.512. The Balaban J connectivity index is 1.29. The topological polar surface area (TPSA) is 105 Å². The zero-order valence-corrected chi connectivity index (χ0v) is 18.1. The molecule has 0 aromatic heterocycles. The maximum atomic E-state index is 12.3. The molecule has 0 aliphatic heterocycles. The standard InChI is InChI=1S/C26H24N2O5/c1-16(24(29)27-14-17-10-12-18(13-11-17)25(30)31)28-26(32)33-15-23-21-8-4-2-6-19(21)20-7-3-5-9-22(20)23/h2-13,16,23H,14-15H2,1H3,(H,27,29)(H,28,32)(H,30,31)/t16-/m0/s1. The Hall–Kier alpha value is -4.13. The van der Waals surface area contributed by atoms with E-state index in [0.717, 1.165) is 27.8 Å². The number of carboxylic acids is 1. The molecule has 4 rings (SSSR count). The highest BCUT2D eigenvalue weighted by molar-refractivity contribution is 5.87. The Morgan fingerprint density at radius 1 is 0.909 bits per heavy atom. The molecule has 33 heavy (non-hydrogen) atoms. The highest BCUT2D eigenvalue weighted by Crippen LogP contribution is 2.44. The fourth-order valence-corrected chi connectivity index (χ4v) is 3.99. The van der Waals surface area contributed by atoms with E-state index in [-0.39, 0.29) is 30.5 Å². The first-order chi connectivity index (χ1) is 15.9. The first kappa shape index (κ1) is 22.1. The fraction of sp³-hybridized carbons (Fsp3) is 0.192. The van der Waals surface area contributed by atoms with Crippen molar-refractivity contribution in [1.29, 1.82) is 0 Å². The van der Waals surface area contributed by atoms with E-state index >= 15 is 0 Å². The van der Waals surface area contributed by atoms with Gasteiger partial charge in [-0.2, -0.15) is 0 Å². The SMILES string of the molecule is C[C@H](NC(=O)OCC1c2ccccc2-c2ccccc21)C(=O)NCc1ccc(C(=O)O)cc1. The van der Waals surface area contributed by atoms with Crippen molar-refractivity contribution in [3.8, 4) is 11.1 Å². The van der Waals surface area contributed by atoms with Gasteiger partial charge in [0.05, 0.1) is 5.56 Å². The summed E-state index contributed by atoms with van der Waals surface area (Å²) in [5.74, 6) is -1.43. The Bertz CT molecular complexity index is 1140. The third-order valence-electron chi connectivity index (χ3n) is 5.74. The first-order valence-corrected chi connectivity index (χ1v) is 10.7. The van der Waals surface area contributed by atoms with Gasteiger partial charge >= 0.3 is 12.1 Å². The number of nitrogens with one attached hydrogen (secondary N) is 2. The van der Waals surface area contributed by atoms with E-state index in [1.807, 2.05) is 36.4 Å². The van der Waals surface area contributed by atoms with Crippen molar-refractivity contribution in [3.63, 3.8) is 0 Å². The molecule has 0 saturated carbocycles. The number of carbonyl (C=O) groups excluding carboxylic acids is 2. The van der Waals surface area contributed by atoms with Crippen LogP contribution in [-0.4, -0.2) is 35.7 Å². The van der Waals surface area contributed by atoms with Gasteiger partial charge in [-0.05, 0) is 46.9 Å². The fourth-order valence-electron chi connectivity index (χ4n) is 3.99. The average Bonchev–Trinajstić information content (AvgIpc) is 3.15. The number of ether oxygens (including phenoxy) is 1. The van der Waals surface area contributed by atoms with E-state index in [9.17, 15) is 14.4 Å². The second-order valence-corrected chi connectivity index (χ2v) is 7.91. The molecule has 0 heterocycles. The summed E-state index contributed by atoms with van der Waals surface area (Å²) >= 11 is 0. The smallest absolute Gasteiger partial charge is 0.407 e. The van der Waals surface area contributed by atoms with Crippen molar-refractivity contribution in [2.75, 3.05) is 6.61 Å². The van der Waals surface area contributed by atoms with Crippen molar-refractivity contribution in [1.82, 2.24) is 10.6 Å². The molecule has 3 aromatic rings. The Labute approximate surface area is 191 Å². The number of hydrogen-bond acceptors (Lipinski definition) is 4. The van der Waals surface area contributed by atoms with Gasteiger partial charge in [-0.3, -0.25) is 4.79 Å². The van der Waals surface area contributed by atoms with Crippen LogP contribution in [0.15, 0.2) is 72.8 Å². The van der Waals surface area contributed by atoms with E-state index in [2.05, 4.69) is 22.8 Å². The van der Waals surface area contributed by atoms with Gasteiger partial charge in [0.25, 0.3) is 0 Å². The minimum absolute atomic E-state index is 0.0546. The molecule has 2 amide bonds. The highest BCUT2D eigenvalue weighted by atomic mass is 16.5. The molecule has 1 aliphatic rings. The molecule has 0 bridgehead atoms. The normalized spacial score (nSPS) is 12.9. The lowest BCUT2D eigenvalue weighted by Crippen LogP contribution is -2.45. The summed E-state index contributed by atoms with van der Waals surface area (Å²) in [6.07, 6.45) is -0.662. The van der Waals surface area contributed by atoms with Crippen molar-refractivity contribution in [2.45, 2.75) is 25.4 Å². The lowest BCUT2D eigenvalue weighted by Gasteiger charge is -2.17. The highest BCUT2D eigenvalue weighted by Gasteiger charge is 2.29. The summed E-state index contributed by atoms with van der Waals surface area (Å²) < 4.78 is 5.47. The van der Waals surface area contributed by atoms with Crippen LogP contribution in [0.1, 0.15) is 39.9 Å². The van der Waals surface area contributed by atoms with Crippen LogP contribution in [0.25, 0.3) is 11.1 Å². The number of rotatable bonds is 7. The van der Waals surface area contributed by atoms with Crippen LogP contribution in [0.5, 0.6) is 0 Å². The average molecular weight is 444 g/mol. The van der Waals surface area contributed by atoms with Crippen molar-refractivity contribution >= 4 is 18.0 Å². The van der Waals surface area contributed by atoms with Crippen LogP contribution in [0, 0.1) is 0 Å². The Kier molecular flexibility index (Phi) is 6.40. The summed E-state index contributed by atoms with van der Waals surface area (Å²) in [5, 5.41) is 14.2. The molecule has 7 nitrogen and oxygen atoms in total. The number of fused-ring (bicyclic) bond motifs is 3. The number of benzene rings is 3. The maximum Gasteiger partial charge on any atom is 0.407 e. The van der Waals surface area contributed by atoms with Crippen LogP contribution in [0.4, 0.5) is 4.79 Å². The van der Waals surface area contributed by atoms with Gasteiger partial charge in [0.1, 0.15) is 12.6 Å². The van der Waals surface area contributed by atoms with Gasteiger partial charge in [-0.1, -0.05) is 60.7 Å². The summed E-state index contributed by atoms with van der Waals surface area (Å²) in [5.41, 5.74) is 5.45. The van der Waals surface area contributed by atoms with Crippen molar-refractivity contribution in [3.05, 3.63) is 95.1 Å². The summed E-state index contributed by atoms with van der Waals surface area (Å²) in [6, 6.07) is 21.6. The third-order valence-corrected chi connectivity index (χ3v) is 5.74. The molecule has 0 fully saturated rings. The summed E-state index contributed by atoms with van der Waals surface area (Å²) in [7, 11) is 0.